The van der Waals surface area contributed by atoms with Crippen molar-refractivity contribution in [2.24, 2.45) is 7.05 Å². The summed E-state index contributed by atoms with van der Waals surface area (Å²) in [6.07, 6.45) is 3.36. The van der Waals surface area contributed by atoms with Crippen LogP contribution >= 0.6 is 0 Å². The van der Waals surface area contributed by atoms with E-state index in [1.54, 1.807) is 30.6 Å². The number of nitrogens with one attached hydrogen (secondary N) is 2. The van der Waals surface area contributed by atoms with Gasteiger partial charge in [-0.1, -0.05) is 0 Å². The van der Waals surface area contributed by atoms with Crippen molar-refractivity contribution >= 4 is 44.8 Å². The van der Waals surface area contributed by atoms with Gasteiger partial charge in [-0.05, 0) is 62.4 Å². The number of fused-ring (bicyclic) bond motifs is 1. The summed E-state index contributed by atoms with van der Waals surface area (Å²) in [5.74, 6) is -0.610. The topological polar surface area (TPSA) is 132 Å². The van der Waals surface area contributed by atoms with E-state index in [1.165, 1.54) is 28.7 Å². The molecule has 0 radical (unpaired) electrons. The summed E-state index contributed by atoms with van der Waals surface area (Å²) in [7, 11) is 1.10. The Morgan fingerprint density at radius 3 is 2.49 bits per heavy atom. The highest BCUT2D eigenvalue weighted by atomic mass is 32.2. The van der Waals surface area contributed by atoms with Crippen molar-refractivity contribution in [1.82, 2.24) is 34.0 Å². The van der Waals surface area contributed by atoms with Gasteiger partial charge < -0.3 is 24.8 Å². The molecule has 1 saturated heterocycles. The van der Waals surface area contributed by atoms with Crippen LogP contribution in [-0.4, -0.2) is 76.3 Å². The second kappa shape index (κ2) is 13.5. The molecule has 1 aliphatic rings. The minimum Gasteiger partial charge on any atom is -0.490 e. The van der Waals surface area contributed by atoms with Gasteiger partial charge in [0.2, 0.25) is 5.95 Å². The van der Waals surface area contributed by atoms with Crippen LogP contribution in [0, 0.1) is 0 Å². The Bertz CT molecular complexity index is 1940. The first kappa shape index (κ1) is 32.1. The second-order valence-corrected chi connectivity index (χ2v) is 12.6. The van der Waals surface area contributed by atoms with Gasteiger partial charge in [0.05, 0.1) is 41.2 Å². The molecule has 0 amide bonds. The number of pyridine rings is 2. The normalized spacial score (nSPS) is 15.1. The number of hydrogen-bond acceptors (Lipinski definition) is 10. The largest absolute Gasteiger partial charge is 0.490 e. The van der Waals surface area contributed by atoms with Crippen molar-refractivity contribution in [1.29, 1.82) is 0 Å². The number of halogens is 3. The molecule has 1 aliphatic heterocycles. The van der Waals surface area contributed by atoms with E-state index >= 15 is 0 Å². The van der Waals surface area contributed by atoms with E-state index in [2.05, 4.69) is 42.5 Å². The summed E-state index contributed by atoms with van der Waals surface area (Å²) in [5, 5.41) is 6.51. The minimum atomic E-state index is -4.66. The summed E-state index contributed by atoms with van der Waals surface area (Å²) < 4.78 is 61.0. The Morgan fingerprint density at radius 2 is 1.79 bits per heavy atom. The third-order valence-electron chi connectivity index (χ3n) is 7.62. The highest BCUT2D eigenvalue weighted by molar-refractivity contribution is 7.85. The molecule has 12 nitrogen and oxygen atoms in total. The highest BCUT2D eigenvalue weighted by Crippen LogP contribution is 2.26. The predicted octanol–water partition coefficient (Wildman–Crippen LogP) is 4.60. The quantitative estimate of drug-likeness (QED) is 0.218. The van der Waals surface area contributed by atoms with E-state index < -0.39 is 28.3 Å². The monoisotopic (exact) mass is 667 g/mol. The fourth-order valence-corrected chi connectivity index (χ4v) is 6.51. The number of piperidine rings is 1. The molecule has 0 bridgehead atoms. The molecule has 5 aromatic rings. The number of ether oxygens (including phenoxy) is 1. The summed E-state index contributed by atoms with van der Waals surface area (Å²) in [6.45, 7) is 1.68. The zero-order valence-electron chi connectivity index (χ0n) is 25.6. The standard InChI is InChI=1S/C31H32F3N9O3S/c1-41-12-9-24(10-13-41)46-23-7-5-21(6-8-23)39-30-36-15-20-14-25(38-22-4-3-11-35-16-22)28(44)43(27(20)40-30)17-26-29(42(2)19-37-26)47(45)18-31(32,33)34/h3-8,11,14-16,19,24,38H,9-10,12-13,17-18H2,1-2H3,(H,36,39,40). The van der Waals surface area contributed by atoms with Crippen LogP contribution in [0.1, 0.15) is 18.5 Å². The van der Waals surface area contributed by atoms with Crippen molar-refractivity contribution in [2.75, 3.05) is 36.5 Å². The average Bonchev–Trinajstić information content (AvgIpc) is 3.41. The van der Waals surface area contributed by atoms with Crippen molar-refractivity contribution in [2.45, 2.75) is 36.7 Å². The molecule has 4 aromatic heterocycles. The maximum absolute atomic E-state index is 13.9. The van der Waals surface area contributed by atoms with Crippen molar-refractivity contribution in [3.05, 3.63) is 83.4 Å². The van der Waals surface area contributed by atoms with E-state index in [0.717, 1.165) is 31.7 Å². The summed E-state index contributed by atoms with van der Waals surface area (Å²) in [6, 6.07) is 12.4. The van der Waals surface area contributed by atoms with Gasteiger partial charge in [-0.15, -0.1) is 0 Å². The number of imidazole rings is 1. The minimum absolute atomic E-state index is 0.0466. The molecule has 0 spiro atoms. The van der Waals surface area contributed by atoms with Gasteiger partial charge >= 0.3 is 6.18 Å². The molecular formula is C31H32F3N9O3S. The number of nitrogens with zero attached hydrogens (tertiary/aromatic N) is 7. The lowest BCUT2D eigenvalue weighted by atomic mass is 10.1. The molecule has 1 fully saturated rings. The van der Waals surface area contributed by atoms with Crippen LogP contribution in [0.25, 0.3) is 11.0 Å². The van der Waals surface area contributed by atoms with Crippen LogP contribution in [0.5, 0.6) is 5.75 Å². The lowest BCUT2D eigenvalue weighted by Crippen LogP contribution is -2.35. The Labute approximate surface area is 270 Å². The number of rotatable bonds is 10. The third kappa shape index (κ3) is 7.77. The maximum Gasteiger partial charge on any atom is 0.400 e. The Morgan fingerprint density at radius 1 is 1.02 bits per heavy atom. The first-order valence-electron chi connectivity index (χ1n) is 14.8. The Kier molecular flexibility index (Phi) is 9.22. The Balaban J connectivity index is 1.32. The average molecular weight is 668 g/mol. The fourth-order valence-electron chi connectivity index (χ4n) is 5.32. The number of likely N-dealkylation sites (tertiary alicyclic amines) is 1. The molecule has 246 valence electrons. The van der Waals surface area contributed by atoms with E-state index in [0.29, 0.717) is 16.8 Å². The van der Waals surface area contributed by atoms with Crippen LogP contribution in [0.15, 0.2) is 77.2 Å². The molecule has 6 rings (SSSR count). The van der Waals surface area contributed by atoms with Crippen LogP contribution in [0.4, 0.5) is 36.2 Å². The molecular weight excluding hydrogens is 635 g/mol. The smallest absolute Gasteiger partial charge is 0.400 e. The van der Waals surface area contributed by atoms with Crippen molar-refractivity contribution in [3.8, 4) is 5.75 Å². The van der Waals surface area contributed by atoms with Crippen LogP contribution in [0.2, 0.25) is 0 Å². The zero-order chi connectivity index (χ0) is 33.1. The molecule has 1 atom stereocenters. The van der Waals surface area contributed by atoms with E-state index in [4.69, 9.17) is 4.74 Å². The number of alkyl halides is 3. The molecule has 47 heavy (non-hydrogen) atoms. The van der Waals surface area contributed by atoms with E-state index in [-0.39, 0.29) is 40.7 Å². The van der Waals surface area contributed by atoms with Gasteiger partial charge in [0.25, 0.3) is 5.56 Å². The van der Waals surface area contributed by atoms with E-state index in [1.807, 2.05) is 24.3 Å². The molecule has 2 N–H and O–H groups in total. The first-order valence-corrected chi connectivity index (χ1v) is 16.1. The van der Waals surface area contributed by atoms with Crippen LogP contribution in [0.3, 0.4) is 0 Å². The second-order valence-electron chi connectivity index (χ2n) is 11.3. The van der Waals surface area contributed by atoms with Gasteiger partial charge in [-0.2, -0.15) is 18.2 Å². The number of benzene rings is 1. The summed E-state index contributed by atoms with van der Waals surface area (Å²) in [5.41, 5.74) is 1.10. The van der Waals surface area contributed by atoms with E-state index in [9.17, 15) is 22.2 Å². The number of aromatic nitrogens is 6. The molecule has 1 unspecified atom stereocenters. The maximum atomic E-state index is 13.9. The van der Waals surface area contributed by atoms with Gasteiger partial charge in [0, 0.05) is 43.6 Å². The van der Waals surface area contributed by atoms with Gasteiger partial charge in [-0.3, -0.25) is 18.6 Å². The van der Waals surface area contributed by atoms with Crippen LogP contribution in [-0.2, 0) is 24.4 Å². The van der Waals surface area contributed by atoms with Gasteiger partial charge in [-0.25, -0.2) is 9.97 Å². The molecule has 16 heteroatoms. The first-order chi connectivity index (χ1) is 22.5. The zero-order valence-corrected chi connectivity index (χ0v) is 26.4. The predicted molar refractivity (Wildman–Crippen MR) is 172 cm³/mol. The van der Waals surface area contributed by atoms with Gasteiger partial charge in [0.15, 0.2) is 0 Å². The number of anilines is 4. The summed E-state index contributed by atoms with van der Waals surface area (Å²) in [4.78, 5) is 33.5. The molecule has 5 heterocycles. The summed E-state index contributed by atoms with van der Waals surface area (Å²) >= 11 is 0. The van der Waals surface area contributed by atoms with Crippen molar-refractivity contribution in [3.63, 3.8) is 0 Å². The molecule has 0 saturated carbocycles. The SMILES string of the molecule is CN1CCC(Oc2ccc(Nc3ncc4cc(Nc5cccnc5)c(=O)n(Cc5ncn(C)c5S(=O)CC(F)(F)F)c4n3)cc2)CC1. The number of hydrogen-bond donors (Lipinski definition) is 2. The molecule has 1 aromatic carbocycles. The number of aryl methyl sites for hydroxylation is 1. The lowest BCUT2D eigenvalue weighted by molar-refractivity contribution is -0.105. The fraction of sp³-hybridized carbons (Fsp3) is 0.323. The van der Waals surface area contributed by atoms with Crippen LogP contribution < -0.4 is 20.9 Å². The Hall–Kier alpha value is -4.83. The molecule has 0 aliphatic carbocycles. The van der Waals surface area contributed by atoms with Gasteiger partial charge in [0.1, 0.15) is 34.0 Å². The highest BCUT2D eigenvalue weighted by Gasteiger charge is 2.33. The third-order valence-corrected chi connectivity index (χ3v) is 9.16. The lowest BCUT2D eigenvalue weighted by Gasteiger charge is -2.29. The van der Waals surface area contributed by atoms with Crippen molar-refractivity contribution < 1.29 is 22.1 Å².